The first-order valence-corrected chi connectivity index (χ1v) is 15.1. The maximum absolute atomic E-state index is 13.5. The van der Waals surface area contributed by atoms with Gasteiger partial charge in [-0.15, -0.1) is 0 Å². The van der Waals surface area contributed by atoms with Crippen molar-refractivity contribution in [3.63, 3.8) is 0 Å². The summed E-state index contributed by atoms with van der Waals surface area (Å²) in [5.41, 5.74) is 3.29. The Morgan fingerprint density at radius 3 is 2.34 bits per heavy atom. The second-order valence-corrected chi connectivity index (χ2v) is 11.9. The maximum Gasteiger partial charge on any atom is 0.339 e. The number of methoxy groups -OCH3 is 1. The van der Waals surface area contributed by atoms with Gasteiger partial charge in [-0.25, -0.2) is 9.78 Å². The fraction of sp³-hybridized carbons (Fsp3) is 0.206. The summed E-state index contributed by atoms with van der Waals surface area (Å²) in [7, 11) is 1.50. The van der Waals surface area contributed by atoms with Crippen molar-refractivity contribution in [3.8, 4) is 17.0 Å². The SMILES string of the molecule is COc1cccc(C(=O)COC(=O)c2cc(-c3ccc(N4C(=O)C5CC=CCC5C4=O)cc3)nc3c(C)c(Cl)c(Br)cc23)c1. The third-order valence-electron chi connectivity index (χ3n) is 8.10. The number of fused-ring (bicyclic) bond motifs is 2. The zero-order valence-corrected chi connectivity index (χ0v) is 26.1. The fourth-order valence-electron chi connectivity index (χ4n) is 5.70. The first-order chi connectivity index (χ1) is 21.2. The summed E-state index contributed by atoms with van der Waals surface area (Å²) < 4.78 is 11.3. The van der Waals surface area contributed by atoms with Gasteiger partial charge >= 0.3 is 5.97 Å². The van der Waals surface area contributed by atoms with Gasteiger partial charge in [0.15, 0.2) is 12.4 Å². The molecule has 2 atom stereocenters. The third-order valence-corrected chi connectivity index (χ3v) is 9.44. The molecule has 1 aliphatic carbocycles. The summed E-state index contributed by atoms with van der Waals surface area (Å²) in [4.78, 5) is 58.5. The van der Waals surface area contributed by atoms with Gasteiger partial charge in [-0.2, -0.15) is 0 Å². The van der Waals surface area contributed by atoms with Crippen molar-refractivity contribution in [2.75, 3.05) is 18.6 Å². The summed E-state index contributed by atoms with van der Waals surface area (Å²) in [6.07, 6.45) is 5.03. The van der Waals surface area contributed by atoms with E-state index in [2.05, 4.69) is 15.9 Å². The molecule has 0 spiro atoms. The molecule has 2 amide bonds. The van der Waals surface area contributed by atoms with Crippen LogP contribution in [0.25, 0.3) is 22.2 Å². The molecule has 0 bridgehead atoms. The van der Waals surface area contributed by atoms with Gasteiger partial charge in [-0.1, -0.05) is 48.0 Å². The number of ether oxygens (including phenoxy) is 2. The summed E-state index contributed by atoms with van der Waals surface area (Å²) in [6.45, 7) is 1.33. The first-order valence-electron chi connectivity index (χ1n) is 13.9. The third kappa shape index (κ3) is 5.31. The van der Waals surface area contributed by atoms with Gasteiger partial charge in [0.1, 0.15) is 5.75 Å². The Balaban J connectivity index is 1.32. The van der Waals surface area contributed by atoms with Gasteiger partial charge in [0.05, 0.1) is 46.4 Å². The van der Waals surface area contributed by atoms with E-state index in [1.165, 1.54) is 12.0 Å². The highest BCUT2D eigenvalue weighted by atomic mass is 79.9. The number of allylic oxidation sites excluding steroid dienone is 2. The van der Waals surface area contributed by atoms with Crippen molar-refractivity contribution in [1.82, 2.24) is 4.98 Å². The predicted molar refractivity (Wildman–Crippen MR) is 170 cm³/mol. The Kier molecular flexibility index (Phi) is 8.09. The summed E-state index contributed by atoms with van der Waals surface area (Å²) in [5.74, 6) is -1.60. The monoisotopic (exact) mass is 672 g/mol. The number of carbonyl (C=O) groups is 4. The standard InChI is InChI=1S/C34H26BrClN2O6/c1-18-30(36)27(35)15-25-26(34(42)44-17-29(39)20-6-5-7-22(14-20)43-2)16-28(37-31(18)25)19-10-12-21(13-11-19)38-32(40)23-8-3-4-9-24(23)33(38)41/h3-7,10-16,23-24H,8-9,17H2,1-2H3. The van der Waals surface area contributed by atoms with E-state index in [4.69, 9.17) is 26.1 Å². The molecule has 222 valence electrons. The van der Waals surface area contributed by atoms with Crippen molar-refractivity contribution in [1.29, 1.82) is 0 Å². The molecule has 2 aliphatic rings. The number of aromatic nitrogens is 1. The summed E-state index contributed by atoms with van der Waals surface area (Å²) in [5, 5.41) is 0.953. The molecule has 4 aromatic rings. The van der Waals surface area contributed by atoms with Gasteiger partial charge in [0.25, 0.3) is 0 Å². The summed E-state index contributed by atoms with van der Waals surface area (Å²) >= 11 is 9.97. The van der Waals surface area contributed by atoms with Crippen LogP contribution in [-0.2, 0) is 14.3 Å². The van der Waals surface area contributed by atoms with Crippen molar-refractivity contribution < 1.29 is 28.7 Å². The zero-order valence-electron chi connectivity index (χ0n) is 23.8. The molecule has 1 saturated heterocycles. The van der Waals surface area contributed by atoms with Crippen LogP contribution in [0, 0.1) is 18.8 Å². The Labute approximate surface area is 266 Å². The van der Waals surface area contributed by atoms with E-state index < -0.39 is 12.6 Å². The first kappa shape index (κ1) is 29.7. The number of Topliss-reactive ketones (excluding diaryl/α,β-unsaturated/α-hetero) is 1. The van der Waals surface area contributed by atoms with Crippen LogP contribution < -0.4 is 9.64 Å². The smallest absolute Gasteiger partial charge is 0.339 e. The Hall–Kier alpha value is -4.34. The number of benzene rings is 3. The van der Waals surface area contributed by atoms with Crippen LogP contribution in [0.1, 0.15) is 39.1 Å². The molecule has 0 saturated carbocycles. The summed E-state index contributed by atoms with van der Waals surface area (Å²) in [6, 6.07) is 16.8. The molecular formula is C34H26BrClN2O6. The number of amides is 2. The van der Waals surface area contributed by atoms with Crippen molar-refractivity contribution in [3.05, 3.63) is 99.0 Å². The average Bonchev–Trinajstić information content (AvgIpc) is 3.31. The number of aryl methyl sites for hydroxylation is 1. The van der Waals surface area contributed by atoms with Crippen LogP contribution in [0.15, 0.2) is 77.3 Å². The molecule has 10 heteroatoms. The van der Waals surface area contributed by atoms with Crippen LogP contribution in [0.2, 0.25) is 5.02 Å². The molecule has 1 aromatic heterocycles. The highest BCUT2D eigenvalue weighted by Crippen LogP contribution is 2.39. The molecule has 6 rings (SSSR count). The number of nitrogens with zero attached hydrogens (tertiary/aromatic N) is 2. The lowest BCUT2D eigenvalue weighted by molar-refractivity contribution is -0.122. The molecule has 1 fully saturated rings. The molecule has 44 heavy (non-hydrogen) atoms. The van der Waals surface area contributed by atoms with Crippen LogP contribution in [0.5, 0.6) is 5.75 Å². The lowest BCUT2D eigenvalue weighted by atomic mass is 9.85. The number of imide groups is 1. The van der Waals surface area contributed by atoms with Gasteiger partial charge in [0.2, 0.25) is 11.8 Å². The number of hydrogen-bond acceptors (Lipinski definition) is 7. The van der Waals surface area contributed by atoms with Crippen LogP contribution in [-0.4, -0.2) is 42.3 Å². The minimum Gasteiger partial charge on any atom is -0.497 e. The number of pyridine rings is 1. The van der Waals surface area contributed by atoms with E-state index in [1.54, 1.807) is 67.6 Å². The minimum atomic E-state index is -0.704. The average molecular weight is 674 g/mol. The number of hydrogen-bond donors (Lipinski definition) is 0. The lowest BCUT2D eigenvalue weighted by Gasteiger charge is -2.16. The molecule has 0 N–H and O–H groups in total. The lowest BCUT2D eigenvalue weighted by Crippen LogP contribution is -2.30. The van der Waals surface area contributed by atoms with Gasteiger partial charge in [-0.3, -0.25) is 19.3 Å². The number of rotatable bonds is 7. The molecule has 2 unspecified atom stereocenters. The zero-order chi connectivity index (χ0) is 31.1. The normalized spacial score (nSPS) is 17.6. The maximum atomic E-state index is 13.5. The topological polar surface area (TPSA) is 103 Å². The van der Waals surface area contributed by atoms with E-state index >= 15 is 0 Å². The molecule has 1 aliphatic heterocycles. The van der Waals surface area contributed by atoms with E-state index in [9.17, 15) is 19.2 Å². The largest absolute Gasteiger partial charge is 0.497 e. The van der Waals surface area contributed by atoms with Crippen molar-refractivity contribution in [2.45, 2.75) is 19.8 Å². The number of carbonyl (C=O) groups excluding carboxylic acids is 4. The van der Waals surface area contributed by atoms with E-state index in [-0.39, 0.29) is 35.0 Å². The number of esters is 1. The highest BCUT2D eigenvalue weighted by molar-refractivity contribution is 9.10. The van der Waals surface area contributed by atoms with Crippen LogP contribution in [0.3, 0.4) is 0 Å². The molecule has 2 heterocycles. The van der Waals surface area contributed by atoms with Gasteiger partial charge < -0.3 is 9.47 Å². The van der Waals surface area contributed by atoms with E-state index in [0.717, 1.165) is 0 Å². The Morgan fingerprint density at radius 2 is 1.68 bits per heavy atom. The highest BCUT2D eigenvalue weighted by Gasteiger charge is 2.47. The van der Waals surface area contributed by atoms with E-state index in [0.29, 0.717) is 67.1 Å². The van der Waals surface area contributed by atoms with Crippen LogP contribution in [0.4, 0.5) is 5.69 Å². The Morgan fingerprint density at radius 1 is 1.00 bits per heavy atom. The van der Waals surface area contributed by atoms with Gasteiger partial charge in [-0.05, 0) is 77.7 Å². The fourth-order valence-corrected chi connectivity index (χ4v) is 6.37. The second-order valence-electron chi connectivity index (χ2n) is 10.7. The minimum absolute atomic E-state index is 0.190. The van der Waals surface area contributed by atoms with E-state index in [1.807, 2.05) is 12.2 Å². The Bertz CT molecular complexity index is 1860. The van der Waals surface area contributed by atoms with Gasteiger partial charge in [0, 0.05) is 21.0 Å². The second kappa shape index (κ2) is 12.0. The van der Waals surface area contributed by atoms with Crippen LogP contribution >= 0.6 is 27.5 Å². The predicted octanol–water partition coefficient (Wildman–Crippen LogP) is 7.13. The molecule has 0 radical (unpaired) electrons. The number of anilines is 1. The van der Waals surface area contributed by atoms with Crippen molar-refractivity contribution >= 4 is 67.7 Å². The number of ketones is 1. The number of halogens is 2. The van der Waals surface area contributed by atoms with Crippen molar-refractivity contribution in [2.24, 2.45) is 11.8 Å². The quantitative estimate of drug-likeness (QED) is 0.0890. The molecule has 3 aromatic carbocycles. The molecular weight excluding hydrogens is 648 g/mol. The molecule has 8 nitrogen and oxygen atoms in total.